The summed E-state index contributed by atoms with van der Waals surface area (Å²) in [5, 5.41) is 6.94. The number of carbonyl (C=O) groups excluding carboxylic acids is 2. The van der Waals surface area contributed by atoms with Gasteiger partial charge >= 0.3 is 0 Å². The number of benzene rings is 1. The van der Waals surface area contributed by atoms with Crippen molar-refractivity contribution in [1.29, 1.82) is 0 Å². The maximum absolute atomic E-state index is 12.7. The van der Waals surface area contributed by atoms with Crippen LogP contribution >= 0.6 is 11.6 Å². The minimum absolute atomic E-state index is 0.0271. The lowest BCUT2D eigenvalue weighted by molar-refractivity contribution is -0.127. The fraction of sp³-hybridized carbons (Fsp3) is 0.579. The first-order valence-corrected chi connectivity index (χ1v) is 9.45. The van der Waals surface area contributed by atoms with E-state index in [1.54, 1.807) is 18.1 Å². The second-order valence-corrected chi connectivity index (χ2v) is 7.66. The van der Waals surface area contributed by atoms with Crippen LogP contribution in [0.2, 0.25) is 5.02 Å². The summed E-state index contributed by atoms with van der Waals surface area (Å²) in [6, 6.07) is 7.23. The number of nitrogens with zero attached hydrogens (tertiary/aromatic N) is 1. The number of methoxy groups -OCH3 is 1. The number of carbonyl (C=O) groups is 2. The van der Waals surface area contributed by atoms with Crippen molar-refractivity contribution in [2.75, 3.05) is 44.8 Å². The van der Waals surface area contributed by atoms with Crippen LogP contribution in [-0.4, -0.2) is 51.7 Å². The maximum atomic E-state index is 12.7. The quantitative estimate of drug-likeness (QED) is 0.791. The first-order valence-electron chi connectivity index (χ1n) is 9.07. The second kappa shape index (κ2) is 8.37. The summed E-state index contributed by atoms with van der Waals surface area (Å²) in [5.74, 6) is -0.478. The van der Waals surface area contributed by atoms with Crippen LogP contribution in [-0.2, 0) is 14.3 Å². The molecule has 2 fully saturated rings. The van der Waals surface area contributed by atoms with Crippen LogP contribution in [0.3, 0.4) is 0 Å². The van der Waals surface area contributed by atoms with Gasteiger partial charge in [0.2, 0.25) is 11.8 Å². The third kappa shape index (κ3) is 4.19. The second-order valence-electron chi connectivity index (χ2n) is 7.26. The van der Waals surface area contributed by atoms with Crippen LogP contribution in [0.15, 0.2) is 24.3 Å². The van der Waals surface area contributed by atoms with Gasteiger partial charge < -0.3 is 20.3 Å². The summed E-state index contributed by atoms with van der Waals surface area (Å²) in [7, 11) is 1.70. The molecule has 6 nitrogen and oxygen atoms in total. The van der Waals surface area contributed by atoms with Gasteiger partial charge in [0.05, 0.1) is 23.2 Å². The molecule has 0 bridgehead atoms. The Morgan fingerprint density at radius 2 is 2.12 bits per heavy atom. The monoisotopic (exact) mass is 379 g/mol. The van der Waals surface area contributed by atoms with E-state index in [0.29, 0.717) is 30.4 Å². The van der Waals surface area contributed by atoms with Crippen LogP contribution < -0.4 is 15.5 Å². The van der Waals surface area contributed by atoms with Gasteiger partial charge in [-0.1, -0.05) is 23.7 Å². The molecule has 0 spiro atoms. The topological polar surface area (TPSA) is 70.7 Å². The highest BCUT2D eigenvalue weighted by Crippen LogP contribution is 2.32. The van der Waals surface area contributed by atoms with E-state index in [2.05, 4.69) is 10.6 Å². The molecule has 0 radical (unpaired) electrons. The number of para-hydroxylation sites is 1. The molecular weight excluding hydrogens is 354 g/mol. The zero-order chi connectivity index (χ0) is 18.6. The molecule has 2 N–H and O–H groups in total. The van der Waals surface area contributed by atoms with E-state index in [9.17, 15) is 9.59 Å². The van der Waals surface area contributed by atoms with Crippen LogP contribution in [0.5, 0.6) is 0 Å². The molecule has 3 rings (SSSR count). The molecule has 2 saturated heterocycles. The van der Waals surface area contributed by atoms with E-state index in [4.69, 9.17) is 16.3 Å². The Labute approximate surface area is 159 Å². The fourth-order valence-electron chi connectivity index (χ4n) is 3.84. The van der Waals surface area contributed by atoms with Crippen molar-refractivity contribution in [3.05, 3.63) is 29.3 Å². The van der Waals surface area contributed by atoms with Gasteiger partial charge in [-0.2, -0.15) is 0 Å². The largest absolute Gasteiger partial charge is 0.384 e. The molecule has 142 valence electrons. The lowest BCUT2D eigenvalue weighted by atomic mass is 9.79. The number of hydrogen-bond donors (Lipinski definition) is 2. The van der Waals surface area contributed by atoms with E-state index < -0.39 is 0 Å². The molecule has 1 aromatic carbocycles. The standard InChI is InChI=1S/C19H26ClN3O3/c1-26-13-19(6-8-21-9-7-19)12-22-18(25)14-10-17(24)23(11-14)16-5-3-2-4-15(16)20/h2-5,14,21H,6-13H2,1H3,(H,22,25). The Hall–Kier alpha value is -1.63. The summed E-state index contributed by atoms with van der Waals surface area (Å²) in [6.45, 7) is 3.44. The van der Waals surface area contributed by atoms with Crippen molar-refractivity contribution < 1.29 is 14.3 Å². The molecule has 0 aromatic heterocycles. The maximum Gasteiger partial charge on any atom is 0.227 e. The fourth-order valence-corrected chi connectivity index (χ4v) is 4.08. The van der Waals surface area contributed by atoms with Crippen molar-refractivity contribution in [2.45, 2.75) is 19.3 Å². The Bertz CT molecular complexity index is 656. The average molecular weight is 380 g/mol. The van der Waals surface area contributed by atoms with Crippen molar-refractivity contribution in [3.63, 3.8) is 0 Å². The predicted molar refractivity (Wildman–Crippen MR) is 101 cm³/mol. The summed E-state index contributed by atoms with van der Waals surface area (Å²) >= 11 is 6.20. The smallest absolute Gasteiger partial charge is 0.227 e. The van der Waals surface area contributed by atoms with Crippen LogP contribution in [0.1, 0.15) is 19.3 Å². The highest BCUT2D eigenvalue weighted by molar-refractivity contribution is 6.33. The normalized spacial score (nSPS) is 22.5. The number of hydrogen-bond acceptors (Lipinski definition) is 4. The molecule has 0 aliphatic carbocycles. The van der Waals surface area contributed by atoms with E-state index >= 15 is 0 Å². The van der Waals surface area contributed by atoms with Crippen molar-refractivity contribution in [3.8, 4) is 0 Å². The predicted octanol–water partition coefficient (Wildman–Crippen LogP) is 1.83. The van der Waals surface area contributed by atoms with Gasteiger partial charge in [0.1, 0.15) is 0 Å². The van der Waals surface area contributed by atoms with Crippen LogP contribution in [0.4, 0.5) is 5.69 Å². The molecule has 26 heavy (non-hydrogen) atoms. The summed E-state index contributed by atoms with van der Waals surface area (Å²) in [6.07, 6.45) is 2.16. The first-order chi connectivity index (χ1) is 12.5. The third-order valence-corrected chi connectivity index (χ3v) is 5.71. The molecule has 2 aliphatic heterocycles. The van der Waals surface area contributed by atoms with Crippen LogP contribution in [0.25, 0.3) is 0 Å². The molecule has 2 aliphatic rings. The minimum Gasteiger partial charge on any atom is -0.384 e. The van der Waals surface area contributed by atoms with Gasteiger partial charge in [-0.3, -0.25) is 9.59 Å². The molecular formula is C19H26ClN3O3. The number of nitrogens with one attached hydrogen (secondary N) is 2. The van der Waals surface area contributed by atoms with Gasteiger partial charge in [0.25, 0.3) is 0 Å². The number of ether oxygens (including phenoxy) is 1. The summed E-state index contributed by atoms with van der Waals surface area (Å²) < 4.78 is 5.39. The Kier molecular flexibility index (Phi) is 6.16. The highest BCUT2D eigenvalue weighted by Gasteiger charge is 2.38. The summed E-state index contributed by atoms with van der Waals surface area (Å²) in [5.41, 5.74) is 0.643. The lowest BCUT2D eigenvalue weighted by Gasteiger charge is -2.37. The molecule has 1 atom stereocenters. The highest BCUT2D eigenvalue weighted by atomic mass is 35.5. The van der Waals surface area contributed by atoms with Crippen molar-refractivity contribution in [1.82, 2.24) is 10.6 Å². The first kappa shape index (κ1) is 19.1. The zero-order valence-electron chi connectivity index (χ0n) is 15.1. The molecule has 1 unspecified atom stereocenters. The van der Waals surface area contributed by atoms with E-state index in [-0.39, 0.29) is 29.6 Å². The van der Waals surface area contributed by atoms with Crippen LogP contribution in [0, 0.1) is 11.3 Å². The number of amides is 2. The lowest BCUT2D eigenvalue weighted by Crippen LogP contribution is -2.48. The van der Waals surface area contributed by atoms with Gasteiger partial charge in [-0.05, 0) is 38.1 Å². The van der Waals surface area contributed by atoms with Gasteiger partial charge in [-0.25, -0.2) is 0 Å². The molecule has 0 saturated carbocycles. The minimum atomic E-state index is -0.347. The molecule has 7 heteroatoms. The van der Waals surface area contributed by atoms with E-state index in [0.717, 1.165) is 25.9 Å². The average Bonchev–Trinajstić information content (AvgIpc) is 3.03. The Morgan fingerprint density at radius 3 is 2.81 bits per heavy atom. The number of halogens is 1. The van der Waals surface area contributed by atoms with Gasteiger partial charge in [0, 0.05) is 32.0 Å². The van der Waals surface area contributed by atoms with Gasteiger partial charge in [-0.15, -0.1) is 0 Å². The third-order valence-electron chi connectivity index (χ3n) is 5.39. The molecule has 2 heterocycles. The summed E-state index contributed by atoms with van der Waals surface area (Å²) in [4.78, 5) is 26.6. The van der Waals surface area contributed by atoms with Crippen molar-refractivity contribution >= 4 is 29.1 Å². The number of rotatable bonds is 6. The molecule has 1 aromatic rings. The SMILES string of the molecule is COCC1(CNC(=O)C2CC(=O)N(c3ccccc3Cl)C2)CCNCC1. The van der Waals surface area contributed by atoms with E-state index in [1.165, 1.54) is 0 Å². The molecule has 2 amide bonds. The van der Waals surface area contributed by atoms with E-state index in [1.807, 2.05) is 18.2 Å². The Balaban J connectivity index is 1.60. The van der Waals surface area contributed by atoms with Crippen molar-refractivity contribution in [2.24, 2.45) is 11.3 Å². The number of anilines is 1. The Morgan fingerprint density at radius 1 is 1.38 bits per heavy atom. The zero-order valence-corrected chi connectivity index (χ0v) is 15.8. The van der Waals surface area contributed by atoms with Gasteiger partial charge in [0.15, 0.2) is 0 Å². The number of piperidine rings is 1.